The summed E-state index contributed by atoms with van der Waals surface area (Å²) in [6.07, 6.45) is 0.884. The molecule has 0 aliphatic heterocycles. The minimum Gasteiger partial charge on any atom is -0.287 e. The number of nitrogens with zero attached hydrogens (tertiary/aromatic N) is 6. The van der Waals surface area contributed by atoms with E-state index in [-0.39, 0.29) is 11.1 Å². The van der Waals surface area contributed by atoms with E-state index >= 15 is 0 Å². The van der Waals surface area contributed by atoms with Gasteiger partial charge in [0.25, 0.3) is 11.1 Å². The van der Waals surface area contributed by atoms with Crippen LogP contribution in [0.15, 0.2) is 63.3 Å². The van der Waals surface area contributed by atoms with Crippen molar-refractivity contribution in [2.24, 2.45) is 5.92 Å². The molecule has 174 valence electrons. The van der Waals surface area contributed by atoms with Gasteiger partial charge in [-0.25, -0.2) is 4.98 Å². The van der Waals surface area contributed by atoms with Crippen LogP contribution >= 0.6 is 11.8 Å². The van der Waals surface area contributed by atoms with E-state index in [9.17, 15) is 9.59 Å². The average molecular weight is 475 g/mol. The van der Waals surface area contributed by atoms with Crippen molar-refractivity contribution in [3.63, 3.8) is 0 Å². The van der Waals surface area contributed by atoms with E-state index in [0.29, 0.717) is 57.8 Å². The highest BCUT2D eigenvalue weighted by molar-refractivity contribution is 7.98. The number of rotatable bonds is 7. The maximum atomic E-state index is 13.3. The lowest BCUT2D eigenvalue weighted by Gasteiger charge is -2.14. The maximum absolute atomic E-state index is 13.3. The molecule has 0 amide bonds. The second-order valence-corrected chi connectivity index (χ2v) is 9.60. The first-order valence-corrected chi connectivity index (χ1v) is 12.5. The summed E-state index contributed by atoms with van der Waals surface area (Å²) in [6, 6.07) is 15.0. The molecule has 5 rings (SSSR count). The lowest BCUT2D eigenvalue weighted by molar-refractivity contribution is 0.481. The van der Waals surface area contributed by atoms with Gasteiger partial charge in [-0.15, -0.1) is 10.2 Å². The van der Waals surface area contributed by atoms with Gasteiger partial charge in [-0.05, 0) is 43.5 Å². The average Bonchev–Trinajstić information content (AvgIpc) is 3.26. The van der Waals surface area contributed by atoms with Crippen LogP contribution in [0.2, 0.25) is 0 Å². The van der Waals surface area contributed by atoms with Gasteiger partial charge in [0.05, 0.1) is 27.6 Å². The number of para-hydroxylation sites is 2. The normalized spacial score (nSPS) is 11.9. The Hall–Kier alpha value is -3.46. The van der Waals surface area contributed by atoms with Crippen LogP contribution in [-0.4, -0.2) is 28.7 Å². The number of aryl methyl sites for hydroxylation is 1. The minimum atomic E-state index is -0.0732. The molecule has 9 heteroatoms. The first-order chi connectivity index (χ1) is 16.5. The molecular weight excluding hydrogens is 448 g/mol. The zero-order chi connectivity index (χ0) is 23.8. The van der Waals surface area contributed by atoms with Gasteiger partial charge in [0.2, 0.25) is 5.78 Å². The van der Waals surface area contributed by atoms with Gasteiger partial charge >= 0.3 is 0 Å². The molecule has 8 nitrogen and oxygen atoms in total. The fourth-order valence-electron chi connectivity index (χ4n) is 4.16. The van der Waals surface area contributed by atoms with Crippen LogP contribution < -0.4 is 11.1 Å². The summed E-state index contributed by atoms with van der Waals surface area (Å²) < 4.78 is 5.34. The van der Waals surface area contributed by atoms with Gasteiger partial charge in [0.1, 0.15) is 5.82 Å². The summed E-state index contributed by atoms with van der Waals surface area (Å²) in [6.45, 7) is 7.32. The molecule has 5 aromatic rings. The summed E-state index contributed by atoms with van der Waals surface area (Å²) in [5.41, 5.74) is 1.37. The topological polar surface area (TPSA) is 87.1 Å². The van der Waals surface area contributed by atoms with Crippen molar-refractivity contribution < 1.29 is 0 Å². The van der Waals surface area contributed by atoms with Gasteiger partial charge in [0.15, 0.2) is 5.16 Å². The Morgan fingerprint density at radius 3 is 2.38 bits per heavy atom. The van der Waals surface area contributed by atoms with E-state index in [2.05, 4.69) is 24.0 Å². The number of thioether (sulfide) groups is 1. The second-order valence-electron chi connectivity index (χ2n) is 8.66. The van der Waals surface area contributed by atoms with Crippen LogP contribution in [0.3, 0.4) is 0 Å². The second kappa shape index (κ2) is 9.06. The van der Waals surface area contributed by atoms with Crippen LogP contribution in [0, 0.1) is 5.92 Å². The van der Waals surface area contributed by atoms with Crippen molar-refractivity contribution in [2.45, 2.75) is 51.2 Å². The standard InChI is InChI=1S/C25H26N6O2S/c1-4-29-23(33)18-10-6-8-12-20(18)31-21(27-28-24(29)31)15-34-25-26-19-11-7-5-9-17(19)22(32)30(25)14-13-16(2)3/h5-12,16H,4,13-15H2,1-3H3. The van der Waals surface area contributed by atoms with E-state index in [1.165, 1.54) is 11.8 Å². The molecule has 0 atom stereocenters. The Labute approximate surface area is 200 Å². The molecule has 0 fully saturated rings. The molecule has 0 aliphatic carbocycles. The van der Waals surface area contributed by atoms with Gasteiger partial charge in [-0.2, -0.15) is 0 Å². The third-order valence-corrected chi connectivity index (χ3v) is 6.95. The Balaban J connectivity index is 1.61. The molecule has 2 aromatic carbocycles. The van der Waals surface area contributed by atoms with Gasteiger partial charge < -0.3 is 0 Å². The van der Waals surface area contributed by atoms with Gasteiger partial charge in [-0.1, -0.05) is 49.9 Å². The predicted octanol–water partition coefficient (Wildman–Crippen LogP) is 4.11. The third kappa shape index (κ3) is 3.79. The third-order valence-electron chi connectivity index (χ3n) is 5.98. The van der Waals surface area contributed by atoms with E-state index in [0.717, 1.165) is 11.9 Å². The maximum Gasteiger partial charge on any atom is 0.262 e. The van der Waals surface area contributed by atoms with E-state index in [4.69, 9.17) is 4.98 Å². The van der Waals surface area contributed by atoms with Crippen LogP contribution in [0.4, 0.5) is 0 Å². The number of hydrogen-bond donors (Lipinski definition) is 0. The van der Waals surface area contributed by atoms with E-state index < -0.39 is 0 Å². The highest BCUT2D eigenvalue weighted by atomic mass is 32.2. The SMILES string of the molecule is CCn1c(=O)c2ccccc2n2c(CSc3nc4ccccc4c(=O)n3CCC(C)C)nnc12. The van der Waals surface area contributed by atoms with Crippen molar-refractivity contribution in [3.8, 4) is 0 Å². The van der Waals surface area contributed by atoms with Gasteiger partial charge in [0, 0.05) is 13.1 Å². The molecule has 0 spiro atoms. The lowest BCUT2D eigenvalue weighted by Crippen LogP contribution is -2.24. The fourth-order valence-corrected chi connectivity index (χ4v) is 5.10. The largest absolute Gasteiger partial charge is 0.287 e. The molecule has 3 heterocycles. The Bertz CT molecular complexity index is 1630. The molecule has 0 bridgehead atoms. The zero-order valence-corrected chi connectivity index (χ0v) is 20.2. The number of fused-ring (bicyclic) bond motifs is 4. The Kier molecular flexibility index (Phi) is 5.95. The van der Waals surface area contributed by atoms with Crippen molar-refractivity contribution >= 4 is 39.3 Å². The van der Waals surface area contributed by atoms with E-state index in [1.54, 1.807) is 9.13 Å². The molecule has 3 aromatic heterocycles. The monoisotopic (exact) mass is 474 g/mol. The molecular formula is C25H26N6O2S. The quantitative estimate of drug-likeness (QED) is 0.261. The van der Waals surface area contributed by atoms with Crippen molar-refractivity contribution in [2.75, 3.05) is 0 Å². The summed E-state index contributed by atoms with van der Waals surface area (Å²) in [5.74, 6) is 2.15. The highest BCUT2D eigenvalue weighted by Crippen LogP contribution is 2.24. The lowest BCUT2D eigenvalue weighted by atomic mass is 10.1. The molecule has 0 saturated heterocycles. The molecule has 34 heavy (non-hydrogen) atoms. The van der Waals surface area contributed by atoms with Crippen molar-refractivity contribution in [3.05, 3.63) is 75.1 Å². The predicted molar refractivity (Wildman–Crippen MR) is 135 cm³/mol. The molecule has 0 saturated carbocycles. The zero-order valence-electron chi connectivity index (χ0n) is 19.4. The summed E-state index contributed by atoms with van der Waals surface area (Å²) in [4.78, 5) is 31.0. The van der Waals surface area contributed by atoms with Crippen LogP contribution in [0.5, 0.6) is 0 Å². The number of benzene rings is 2. The summed E-state index contributed by atoms with van der Waals surface area (Å²) in [7, 11) is 0. The number of aromatic nitrogens is 6. The smallest absolute Gasteiger partial charge is 0.262 e. The fraction of sp³-hybridized carbons (Fsp3) is 0.320. The molecule has 0 N–H and O–H groups in total. The summed E-state index contributed by atoms with van der Waals surface area (Å²) in [5, 5.41) is 10.7. The summed E-state index contributed by atoms with van der Waals surface area (Å²) >= 11 is 1.47. The van der Waals surface area contributed by atoms with Crippen LogP contribution in [0.1, 0.15) is 33.0 Å². The van der Waals surface area contributed by atoms with Crippen molar-refractivity contribution in [1.82, 2.24) is 28.7 Å². The Morgan fingerprint density at radius 1 is 0.912 bits per heavy atom. The van der Waals surface area contributed by atoms with Crippen LogP contribution in [-0.2, 0) is 18.8 Å². The molecule has 0 radical (unpaired) electrons. The number of hydrogen-bond acceptors (Lipinski definition) is 6. The van der Waals surface area contributed by atoms with Gasteiger partial charge in [-0.3, -0.25) is 23.1 Å². The Morgan fingerprint density at radius 2 is 1.62 bits per heavy atom. The molecule has 0 unspecified atom stereocenters. The first kappa shape index (κ1) is 22.3. The molecule has 0 aliphatic rings. The van der Waals surface area contributed by atoms with E-state index in [1.807, 2.05) is 59.9 Å². The first-order valence-electron chi connectivity index (χ1n) is 11.5. The highest BCUT2D eigenvalue weighted by Gasteiger charge is 2.18. The van der Waals surface area contributed by atoms with Crippen LogP contribution in [0.25, 0.3) is 27.6 Å². The van der Waals surface area contributed by atoms with Crippen molar-refractivity contribution in [1.29, 1.82) is 0 Å². The minimum absolute atomic E-state index is 0.0230.